The highest BCUT2D eigenvalue weighted by molar-refractivity contribution is 7.84. The van der Waals surface area contributed by atoms with Crippen LogP contribution in [0, 0.1) is 0 Å². The van der Waals surface area contributed by atoms with Crippen molar-refractivity contribution in [3.63, 3.8) is 0 Å². The third-order valence-corrected chi connectivity index (χ3v) is 1.84. The predicted molar refractivity (Wildman–Crippen MR) is 59.5 cm³/mol. The van der Waals surface area contributed by atoms with Crippen LogP contribution in [0.4, 0.5) is 0 Å². The summed E-state index contributed by atoms with van der Waals surface area (Å²) >= 11 is 7.69. The summed E-state index contributed by atoms with van der Waals surface area (Å²) in [4.78, 5) is 10.0. The standard InChI is InChI=1S/C7H6O.C2H6S2/c8-6-7-4-2-1-3-5-7;3-1-2-4/h1-6H;3-4H,1-2H2. The average molecular weight is 200 g/mol. The third kappa shape index (κ3) is 6.31. The van der Waals surface area contributed by atoms with Gasteiger partial charge in [0.15, 0.2) is 0 Å². The van der Waals surface area contributed by atoms with Crippen molar-refractivity contribution in [1.29, 1.82) is 0 Å². The van der Waals surface area contributed by atoms with Gasteiger partial charge in [-0.25, -0.2) is 0 Å². The van der Waals surface area contributed by atoms with E-state index in [0.717, 1.165) is 23.4 Å². The Hall–Kier alpha value is -0.410. The highest BCUT2D eigenvalue weighted by atomic mass is 32.1. The number of hydrogen-bond donors (Lipinski definition) is 2. The summed E-state index contributed by atoms with van der Waals surface area (Å²) in [6.07, 6.45) is 0.833. The molecule has 1 aromatic carbocycles. The topological polar surface area (TPSA) is 17.1 Å². The van der Waals surface area contributed by atoms with Crippen LogP contribution in [0.1, 0.15) is 10.4 Å². The quantitative estimate of drug-likeness (QED) is 0.553. The van der Waals surface area contributed by atoms with E-state index in [4.69, 9.17) is 0 Å². The van der Waals surface area contributed by atoms with Gasteiger partial charge in [-0.3, -0.25) is 4.79 Å². The Kier molecular flexibility index (Phi) is 8.39. The van der Waals surface area contributed by atoms with Crippen molar-refractivity contribution < 1.29 is 4.79 Å². The molecule has 0 fully saturated rings. The van der Waals surface area contributed by atoms with Crippen LogP contribution in [0.3, 0.4) is 0 Å². The lowest BCUT2D eigenvalue weighted by molar-refractivity contribution is 0.112. The lowest BCUT2D eigenvalue weighted by atomic mass is 10.2. The number of carbonyl (C=O) groups is 1. The molecule has 0 bridgehead atoms. The Balaban J connectivity index is 0.000000261. The molecule has 0 amide bonds. The summed E-state index contributed by atoms with van der Waals surface area (Å²) in [5.41, 5.74) is 0.729. The first-order valence-corrected chi connectivity index (χ1v) is 4.83. The van der Waals surface area contributed by atoms with Crippen molar-refractivity contribution in [3.05, 3.63) is 35.9 Å². The molecule has 0 radical (unpaired) electrons. The van der Waals surface area contributed by atoms with Gasteiger partial charge in [-0.15, -0.1) is 0 Å². The monoisotopic (exact) mass is 200 g/mol. The van der Waals surface area contributed by atoms with Crippen LogP contribution in [0.2, 0.25) is 0 Å². The Morgan fingerprint density at radius 2 is 1.58 bits per heavy atom. The van der Waals surface area contributed by atoms with Crippen molar-refractivity contribution in [1.82, 2.24) is 0 Å². The number of rotatable bonds is 2. The molecule has 0 heterocycles. The second kappa shape index (κ2) is 8.68. The molecule has 1 aromatic rings. The third-order valence-electron chi connectivity index (χ3n) is 1.04. The van der Waals surface area contributed by atoms with E-state index in [2.05, 4.69) is 25.3 Å². The summed E-state index contributed by atoms with van der Waals surface area (Å²) in [6, 6.07) is 9.10. The lowest BCUT2D eigenvalue weighted by Crippen LogP contribution is -1.73. The molecule has 1 nitrogen and oxygen atoms in total. The van der Waals surface area contributed by atoms with Gasteiger partial charge in [0.25, 0.3) is 0 Å². The van der Waals surface area contributed by atoms with Gasteiger partial charge in [0, 0.05) is 5.56 Å². The van der Waals surface area contributed by atoms with Gasteiger partial charge in [0.05, 0.1) is 0 Å². The average Bonchev–Trinajstić information content (AvgIpc) is 2.19. The van der Waals surface area contributed by atoms with Crippen LogP contribution in [-0.2, 0) is 0 Å². The van der Waals surface area contributed by atoms with Gasteiger partial charge in [-0.05, 0) is 11.5 Å². The molecule has 0 unspecified atom stereocenters. The van der Waals surface area contributed by atoms with E-state index in [-0.39, 0.29) is 0 Å². The van der Waals surface area contributed by atoms with Gasteiger partial charge < -0.3 is 0 Å². The normalized spacial score (nSPS) is 8.17. The van der Waals surface area contributed by atoms with E-state index in [1.165, 1.54) is 0 Å². The number of carbonyl (C=O) groups excluding carboxylic acids is 1. The van der Waals surface area contributed by atoms with E-state index in [0.29, 0.717) is 0 Å². The van der Waals surface area contributed by atoms with Gasteiger partial charge in [-0.1, -0.05) is 30.3 Å². The Morgan fingerprint density at radius 1 is 1.08 bits per heavy atom. The Bertz CT molecular complexity index is 197. The first-order chi connectivity index (χ1) is 5.85. The molecule has 0 aliphatic heterocycles. The molecule has 0 saturated heterocycles. The van der Waals surface area contributed by atoms with Crippen molar-refractivity contribution in [3.8, 4) is 0 Å². The first-order valence-electron chi connectivity index (χ1n) is 3.57. The molecule has 12 heavy (non-hydrogen) atoms. The maximum absolute atomic E-state index is 10.0. The summed E-state index contributed by atoms with van der Waals surface area (Å²) in [7, 11) is 0. The van der Waals surface area contributed by atoms with Crippen molar-refractivity contribution in [2.24, 2.45) is 0 Å². The van der Waals surface area contributed by atoms with E-state index < -0.39 is 0 Å². The van der Waals surface area contributed by atoms with Gasteiger partial charge in [0.1, 0.15) is 6.29 Å². The van der Waals surface area contributed by atoms with Crippen LogP contribution in [0.25, 0.3) is 0 Å². The summed E-state index contributed by atoms with van der Waals surface area (Å²) < 4.78 is 0. The summed E-state index contributed by atoms with van der Waals surface area (Å²) in [6.45, 7) is 0. The Morgan fingerprint density at radius 3 is 1.83 bits per heavy atom. The summed E-state index contributed by atoms with van der Waals surface area (Å²) in [5.74, 6) is 1.76. The van der Waals surface area contributed by atoms with Gasteiger partial charge >= 0.3 is 0 Å². The van der Waals surface area contributed by atoms with Crippen LogP contribution in [0.15, 0.2) is 30.3 Å². The molecule has 3 heteroatoms. The zero-order chi connectivity index (χ0) is 9.23. The minimum atomic E-state index is 0.729. The maximum atomic E-state index is 10.0. The lowest BCUT2D eigenvalue weighted by Gasteiger charge is -1.81. The molecule has 0 aliphatic carbocycles. The van der Waals surface area contributed by atoms with Crippen LogP contribution in [-0.4, -0.2) is 17.8 Å². The Labute approximate surface area is 84.0 Å². The zero-order valence-corrected chi connectivity index (χ0v) is 8.47. The number of benzene rings is 1. The van der Waals surface area contributed by atoms with E-state index in [1.807, 2.05) is 18.2 Å². The molecule has 0 spiro atoms. The zero-order valence-electron chi connectivity index (χ0n) is 6.68. The molecule has 1 rings (SSSR count). The second-order valence-corrected chi connectivity index (χ2v) is 2.87. The predicted octanol–water partition coefficient (Wildman–Crippen LogP) is 2.35. The highest BCUT2D eigenvalue weighted by Gasteiger charge is 1.79. The first kappa shape index (κ1) is 11.6. The molecule has 0 saturated carbocycles. The van der Waals surface area contributed by atoms with Crippen LogP contribution < -0.4 is 0 Å². The number of aldehydes is 1. The fourth-order valence-corrected chi connectivity index (χ4v) is 0.532. The van der Waals surface area contributed by atoms with Crippen LogP contribution >= 0.6 is 25.3 Å². The van der Waals surface area contributed by atoms with Crippen LogP contribution in [0.5, 0.6) is 0 Å². The van der Waals surface area contributed by atoms with Crippen molar-refractivity contribution >= 4 is 31.5 Å². The molecule has 0 atom stereocenters. The molecule has 0 N–H and O–H groups in total. The molecular formula is C9H12OS2. The highest BCUT2D eigenvalue weighted by Crippen LogP contribution is 1.91. The van der Waals surface area contributed by atoms with Gasteiger partial charge in [-0.2, -0.15) is 25.3 Å². The molecular weight excluding hydrogens is 188 g/mol. The SMILES string of the molecule is O=Cc1ccccc1.SCCS. The fourth-order valence-electron chi connectivity index (χ4n) is 0.532. The second-order valence-electron chi connectivity index (χ2n) is 1.98. The van der Waals surface area contributed by atoms with E-state index >= 15 is 0 Å². The van der Waals surface area contributed by atoms with E-state index in [9.17, 15) is 4.79 Å². The molecule has 66 valence electrons. The summed E-state index contributed by atoms with van der Waals surface area (Å²) in [5, 5.41) is 0. The minimum Gasteiger partial charge on any atom is -0.298 e. The maximum Gasteiger partial charge on any atom is 0.150 e. The largest absolute Gasteiger partial charge is 0.298 e. The number of thiol groups is 2. The van der Waals surface area contributed by atoms with Crippen molar-refractivity contribution in [2.45, 2.75) is 0 Å². The van der Waals surface area contributed by atoms with Crippen molar-refractivity contribution in [2.75, 3.05) is 11.5 Å². The number of hydrogen-bond acceptors (Lipinski definition) is 3. The van der Waals surface area contributed by atoms with E-state index in [1.54, 1.807) is 12.1 Å². The smallest absolute Gasteiger partial charge is 0.150 e. The fraction of sp³-hybridized carbons (Fsp3) is 0.222. The molecule has 0 aliphatic rings. The minimum absolute atomic E-state index is 0.729. The molecule has 0 aromatic heterocycles. The van der Waals surface area contributed by atoms with Gasteiger partial charge in [0.2, 0.25) is 0 Å².